The zero-order chi connectivity index (χ0) is 14.6. The summed E-state index contributed by atoms with van der Waals surface area (Å²) in [5.74, 6) is 0. The van der Waals surface area contributed by atoms with E-state index in [0.717, 1.165) is 11.4 Å². The predicted molar refractivity (Wildman–Crippen MR) is 79.0 cm³/mol. The number of sulfonamides is 1. The van der Waals surface area contributed by atoms with Crippen LogP contribution in [-0.2, 0) is 23.1 Å². The number of thiophene rings is 1. The summed E-state index contributed by atoms with van der Waals surface area (Å²) in [4.78, 5) is 1.22. The number of H-pyrrole nitrogens is 1. The second kappa shape index (κ2) is 6.49. The summed E-state index contributed by atoms with van der Waals surface area (Å²) >= 11 is 1.52. The second-order valence-corrected chi connectivity index (χ2v) is 7.04. The van der Waals surface area contributed by atoms with Crippen molar-refractivity contribution >= 4 is 21.4 Å². The van der Waals surface area contributed by atoms with Crippen LogP contribution >= 0.6 is 11.3 Å². The van der Waals surface area contributed by atoms with Crippen LogP contribution in [-0.4, -0.2) is 25.2 Å². The lowest BCUT2D eigenvalue weighted by Gasteiger charge is -2.07. The van der Waals surface area contributed by atoms with Crippen molar-refractivity contribution in [3.8, 4) is 0 Å². The van der Waals surface area contributed by atoms with E-state index >= 15 is 0 Å². The molecule has 8 heteroatoms. The highest BCUT2D eigenvalue weighted by molar-refractivity contribution is 7.89. The van der Waals surface area contributed by atoms with Crippen LogP contribution in [0.4, 0.5) is 0 Å². The first kappa shape index (κ1) is 15.2. The molecule has 3 N–H and O–H groups in total. The molecule has 2 aromatic rings. The summed E-state index contributed by atoms with van der Waals surface area (Å²) in [6.45, 7) is 5.15. The lowest BCUT2D eigenvalue weighted by molar-refractivity contribution is 0.578. The van der Waals surface area contributed by atoms with Gasteiger partial charge in [-0.15, -0.1) is 11.3 Å². The maximum Gasteiger partial charge on any atom is 0.244 e. The van der Waals surface area contributed by atoms with Gasteiger partial charge in [0, 0.05) is 18.0 Å². The third-order valence-electron chi connectivity index (χ3n) is 2.79. The van der Waals surface area contributed by atoms with Crippen molar-refractivity contribution in [2.45, 2.75) is 31.8 Å². The highest BCUT2D eigenvalue weighted by Gasteiger charge is 2.23. The van der Waals surface area contributed by atoms with Gasteiger partial charge in [0.25, 0.3) is 0 Å². The molecule has 0 spiro atoms. The Kier molecular flexibility index (Phi) is 4.92. The molecular weight excluding hydrogens is 296 g/mol. The van der Waals surface area contributed by atoms with Crippen LogP contribution in [0.1, 0.15) is 23.2 Å². The average molecular weight is 314 g/mol. The van der Waals surface area contributed by atoms with E-state index in [1.807, 2.05) is 24.4 Å². The van der Waals surface area contributed by atoms with Crippen LogP contribution in [0.3, 0.4) is 0 Å². The SMILES string of the molecule is CCNCc1n[nH]c(C)c1S(=O)(=O)NCc1cccs1. The molecule has 110 valence electrons. The van der Waals surface area contributed by atoms with Gasteiger partial charge in [0.15, 0.2) is 0 Å². The Balaban J connectivity index is 2.18. The van der Waals surface area contributed by atoms with Gasteiger partial charge in [-0.05, 0) is 24.9 Å². The topological polar surface area (TPSA) is 86.9 Å². The standard InChI is InChI=1S/C12H18N4O2S2/c1-3-13-8-11-12(9(2)15-16-11)20(17,18)14-7-10-5-4-6-19-10/h4-6,13-14H,3,7-8H2,1-2H3,(H,15,16). The molecule has 0 aromatic carbocycles. The van der Waals surface area contributed by atoms with Gasteiger partial charge in [-0.25, -0.2) is 13.1 Å². The van der Waals surface area contributed by atoms with Crippen molar-refractivity contribution in [1.29, 1.82) is 0 Å². The normalized spacial score (nSPS) is 11.9. The van der Waals surface area contributed by atoms with Gasteiger partial charge in [-0.2, -0.15) is 5.10 Å². The number of aromatic amines is 1. The van der Waals surface area contributed by atoms with E-state index in [0.29, 0.717) is 24.5 Å². The number of rotatable bonds is 7. The number of nitrogens with zero attached hydrogens (tertiary/aromatic N) is 1. The van der Waals surface area contributed by atoms with Crippen molar-refractivity contribution in [2.24, 2.45) is 0 Å². The van der Waals surface area contributed by atoms with Crippen LogP contribution in [0.25, 0.3) is 0 Å². The molecule has 0 atom stereocenters. The third-order valence-corrected chi connectivity index (χ3v) is 5.27. The van der Waals surface area contributed by atoms with Crippen LogP contribution < -0.4 is 10.0 Å². The number of hydrogen-bond donors (Lipinski definition) is 3. The van der Waals surface area contributed by atoms with Crippen LogP contribution in [0, 0.1) is 6.92 Å². The van der Waals surface area contributed by atoms with Crippen LogP contribution in [0.5, 0.6) is 0 Å². The molecule has 0 aliphatic carbocycles. The highest BCUT2D eigenvalue weighted by Crippen LogP contribution is 2.18. The van der Waals surface area contributed by atoms with Crippen molar-refractivity contribution in [3.63, 3.8) is 0 Å². The molecule has 0 saturated heterocycles. The summed E-state index contributed by atoms with van der Waals surface area (Å²) in [7, 11) is -3.56. The minimum atomic E-state index is -3.56. The number of nitrogens with one attached hydrogen (secondary N) is 3. The van der Waals surface area contributed by atoms with Crippen LogP contribution in [0.15, 0.2) is 22.4 Å². The third kappa shape index (κ3) is 3.45. The quantitative estimate of drug-likeness (QED) is 0.720. The molecule has 2 rings (SSSR count). The lowest BCUT2D eigenvalue weighted by atomic mass is 10.3. The van der Waals surface area contributed by atoms with E-state index in [2.05, 4.69) is 20.2 Å². The van der Waals surface area contributed by atoms with E-state index in [9.17, 15) is 8.42 Å². The Hall–Kier alpha value is -1.22. The lowest BCUT2D eigenvalue weighted by Crippen LogP contribution is -2.25. The van der Waals surface area contributed by atoms with Crippen molar-refractivity contribution < 1.29 is 8.42 Å². The molecule has 0 unspecified atom stereocenters. The fourth-order valence-electron chi connectivity index (χ4n) is 1.84. The summed E-state index contributed by atoms with van der Waals surface area (Å²) in [6.07, 6.45) is 0. The summed E-state index contributed by atoms with van der Waals surface area (Å²) in [5.41, 5.74) is 1.07. The zero-order valence-corrected chi connectivity index (χ0v) is 13.1. The molecule has 2 aromatic heterocycles. The molecule has 0 aliphatic rings. The van der Waals surface area contributed by atoms with Gasteiger partial charge in [0.1, 0.15) is 4.90 Å². The first-order valence-corrected chi connectivity index (χ1v) is 8.67. The Morgan fingerprint density at radius 2 is 2.20 bits per heavy atom. The molecule has 0 radical (unpaired) electrons. The molecular formula is C12H18N4O2S2. The smallest absolute Gasteiger partial charge is 0.244 e. The molecule has 20 heavy (non-hydrogen) atoms. The second-order valence-electron chi connectivity index (χ2n) is 4.31. The zero-order valence-electron chi connectivity index (χ0n) is 11.4. The maximum absolute atomic E-state index is 12.4. The number of aryl methyl sites for hydroxylation is 1. The Labute approximate surface area is 122 Å². The van der Waals surface area contributed by atoms with Crippen LogP contribution in [0.2, 0.25) is 0 Å². The minimum absolute atomic E-state index is 0.245. The van der Waals surface area contributed by atoms with E-state index in [1.54, 1.807) is 6.92 Å². The highest BCUT2D eigenvalue weighted by atomic mass is 32.2. The van der Waals surface area contributed by atoms with Gasteiger partial charge in [0.2, 0.25) is 10.0 Å². The Bertz CT molecular complexity index is 647. The van der Waals surface area contributed by atoms with Gasteiger partial charge in [-0.3, -0.25) is 5.10 Å². The fourth-order valence-corrected chi connectivity index (χ4v) is 3.94. The average Bonchev–Trinajstić information content (AvgIpc) is 3.03. The molecule has 0 aliphatic heterocycles. The summed E-state index contributed by atoms with van der Waals surface area (Å²) < 4.78 is 27.4. The van der Waals surface area contributed by atoms with Gasteiger partial charge < -0.3 is 5.32 Å². The van der Waals surface area contributed by atoms with Crippen molar-refractivity contribution in [1.82, 2.24) is 20.2 Å². The van der Waals surface area contributed by atoms with Crippen molar-refractivity contribution in [2.75, 3.05) is 6.54 Å². The first-order valence-electron chi connectivity index (χ1n) is 6.31. The Morgan fingerprint density at radius 1 is 1.40 bits per heavy atom. The molecule has 0 bridgehead atoms. The molecule has 6 nitrogen and oxygen atoms in total. The number of aromatic nitrogens is 2. The number of hydrogen-bond acceptors (Lipinski definition) is 5. The maximum atomic E-state index is 12.4. The van der Waals surface area contributed by atoms with Gasteiger partial charge >= 0.3 is 0 Å². The van der Waals surface area contributed by atoms with E-state index in [4.69, 9.17) is 0 Å². The molecule has 2 heterocycles. The predicted octanol–water partition coefficient (Wildman–Crippen LogP) is 1.37. The minimum Gasteiger partial charge on any atom is -0.311 e. The monoisotopic (exact) mass is 314 g/mol. The molecule has 0 amide bonds. The molecule has 0 saturated carbocycles. The first-order chi connectivity index (χ1) is 9.54. The van der Waals surface area contributed by atoms with E-state index in [1.165, 1.54) is 11.3 Å². The Morgan fingerprint density at radius 3 is 2.85 bits per heavy atom. The van der Waals surface area contributed by atoms with Crippen molar-refractivity contribution in [3.05, 3.63) is 33.8 Å². The fraction of sp³-hybridized carbons (Fsp3) is 0.417. The van der Waals surface area contributed by atoms with Gasteiger partial charge in [0.05, 0.1) is 11.4 Å². The summed E-state index contributed by atoms with van der Waals surface area (Å²) in [6, 6.07) is 3.79. The summed E-state index contributed by atoms with van der Waals surface area (Å²) in [5, 5.41) is 11.8. The van der Waals surface area contributed by atoms with E-state index in [-0.39, 0.29) is 4.90 Å². The largest absolute Gasteiger partial charge is 0.311 e. The van der Waals surface area contributed by atoms with E-state index < -0.39 is 10.0 Å². The van der Waals surface area contributed by atoms with Gasteiger partial charge in [-0.1, -0.05) is 13.0 Å². The molecule has 0 fully saturated rings.